The van der Waals surface area contributed by atoms with Gasteiger partial charge in [0.05, 0.1) is 30.5 Å². The summed E-state index contributed by atoms with van der Waals surface area (Å²) >= 11 is 1.70. The van der Waals surface area contributed by atoms with Crippen LogP contribution in [0.25, 0.3) is 20.7 Å². The number of aryl methyl sites for hydroxylation is 1. The molecule has 0 unspecified atom stereocenters. The smallest absolute Gasteiger partial charge is 0.142 e. The average Bonchev–Trinajstić information content (AvgIpc) is 3.13. The van der Waals surface area contributed by atoms with Gasteiger partial charge in [-0.15, -0.1) is 11.3 Å². The molecule has 0 saturated carbocycles. The molecule has 6 nitrogen and oxygen atoms in total. The van der Waals surface area contributed by atoms with Crippen LogP contribution in [0.1, 0.15) is 5.56 Å². The van der Waals surface area contributed by atoms with Crippen LogP contribution in [0.15, 0.2) is 55.0 Å². The molecule has 1 saturated heterocycles. The van der Waals surface area contributed by atoms with Crippen molar-refractivity contribution in [3.63, 3.8) is 0 Å². The number of rotatable bonds is 4. The van der Waals surface area contributed by atoms with Crippen LogP contribution >= 0.6 is 11.3 Å². The summed E-state index contributed by atoms with van der Waals surface area (Å²) in [5.41, 5.74) is 3.31. The van der Waals surface area contributed by atoms with Crippen LogP contribution in [0.2, 0.25) is 0 Å². The Morgan fingerprint density at radius 1 is 1.00 bits per heavy atom. The summed E-state index contributed by atoms with van der Waals surface area (Å²) in [6, 6.07) is 14.5. The maximum Gasteiger partial charge on any atom is 0.142 e. The molecule has 3 aromatic heterocycles. The Morgan fingerprint density at radius 2 is 1.83 bits per heavy atom. The monoisotopic (exact) mass is 403 g/mol. The Morgan fingerprint density at radius 3 is 2.59 bits per heavy atom. The van der Waals surface area contributed by atoms with Gasteiger partial charge in [0.25, 0.3) is 0 Å². The van der Waals surface area contributed by atoms with Gasteiger partial charge in [0.2, 0.25) is 0 Å². The second-order valence-corrected chi connectivity index (χ2v) is 7.95. The number of nitrogens with one attached hydrogen (secondary N) is 1. The van der Waals surface area contributed by atoms with E-state index in [1.165, 1.54) is 16.0 Å². The number of aromatic nitrogens is 3. The molecule has 5 rings (SSSR count). The Labute approximate surface area is 173 Å². The predicted octanol–water partition coefficient (Wildman–Crippen LogP) is 4.64. The fraction of sp³-hybridized carbons (Fsp3) is 0.227. The molecule has 0 bridgehead atoms. The molecule has 146 valence electrons. The van der Waals surface area contributed by atoms with Crippen LogP contribution in [0.3, 0.4) is 0 Å². The molecule has 0 radical (unpaired) electrons. The highest BCUT2D eigenvalue weighted by Crippen LogP contribution is 2.40. The largest absolute Gasteiger partial charge is 0.378 e. The van der Waals surface area contributed by atoms with Crippen molar-refractivity contribution < 1.29 is 4.74 Å². The molecule has 1 aromatic carbocycles. The molecule has 0 amide bonds. The van der Waals surface area contributed by atoms with Gasteiger partial charge in [0.1, 0.15) is 22.8 Å². The number of hydrogen-bond donors (Lipinski definition) is 1. The van der Waals surface area contributed by atoms with E-state index in [-0.39, 0.29) is 0 Å². The lowest BCUT2D eigenvalue weighted by Gasteiger charge is -2.27. The number of morpholine rings is 1. The van der Waals surface area contributed by atoms with Crippen molar-refractivity contribution in [3.05, 3.63) is 60.6 Å². The Hall–Kier alpha value is -3.03. The summed E-state index contributed by atoms with van der Waals surface area (Å²) in [7, 11) is 0. The first-order chi connectivity index (χ1) is 14.3. The highest BCUT2D eigenvalue weighted by molar-refractivity contribution is 7.22. The number of ether oxygens (including phenoxy) is 1. The standard InChI is InChI=1S/C22H21N5OS/c1-15-19-21(24-14-25-22(19)29-20(15)16-5-3-2-4-6-16)26-17-7-8-18(23-13-17)27-9-11-28-12-10-27/h2-8,13-14H,9-12H2,1H3,(H,24,25,26). The van der Waals surface area contributed by atoms with E-state index in [0.717, 1.165) is 53.8 Å². The number of hydrogen-bond acceptors (Lipinski definition) is 7. The van der Waals surface area contributed by atoms with Crippen LogP contribution in [0.5, 0.6) is 0 Å². The van der Waals surface area contributed by atoms with E-state index in [4.69, 9.17) is 4.74 Å². The first-order valence-corrected chi connectivity index (χ1v) is 10.5. The summed E-state index contributed by atoms with van der Waals surface area (Å²) in [5.74, 6) is 1.79. The maximum atomic E-state index is 5.41. The number of fused-ring (bicyclic) bond motifs is 1. The summed E-state index contributed by atoms with van der Waals surface area (Å²) in [6.07, 6.45) is 3.48. The zero-order chi connectivity index (χ0) is 19.6. The van der Waals surface area contributed by atoms with Gasteiger partial charge in [-0.2, -0.15) is 0 Å². The Balaban J connectivity index is 1.45. The van der Waals surface area contributed by atoms with Gasteiger partial charge >= 0.3 is 0 Å². The third-order valence-electron chi connectivity index (χ3n) is 5.11. The van der Waals surface area contributed by atoms with Gasteiger partial charge < -0.3 is 15.0 Å². The molecule has 1 aliphatic heterocycles. The van der Waals surface area contributed by atoms with E-state index in [0.29, 0.717) is 0 Å². The van der Waals surface area contributed by atoms with Crippen LogP contribution in [0.4, 0.5) is 17.3 Å². The van der Waals surface area contributed by atoms with Crippen molar-refractivity contribution in [2.45, 2.75) is 6.92 Å². The van der Waals surface area contributed by atoms with Gasteiger partial charge in [0, 0.05) is 18.0 Å². The molecular weight excluding hydrogens is 382 g/mol. The minimum Gasteiger partial charge on any atom is -0.378 e. The van der Waals surface area contributed by atoms with E-state index in [2.05, 4.69) is 56.4 Å². The molecule has 0 aliphatic carbocycles. The Kier molecular flexibility index (Phi) is 4.83. The van der Waals surface area contributed by atoms with Crippen molar-refractivity contribution in [1.29, 1.82) is 0 Å². The normalized spacial score (nSPS) is 14.3. The summed E-state index contributed by atoms with van der Waals surface area (Å²) < 4.78 is 5.41. The van der Waals surface area contributed by atoms with Crippen LogP contribution in [-0.4, -0.2) is 41.3 Å². The molecule has 29 heavy (non-hydrogen) atoms. The topological polar surface area (TPSA) is 63.2 Å². The maximum absolute atomic E-state index is 5.41. The van der Waals surface area contributed by atoms with Gasteiger partial charge in [-0.1, -0.05) is 30.3 Å². The zero-order valence-electron chi connectivity index (χ0n) is 16.1. The van der Waals surface area contributed by atoms with E-state index in [9.17, 15) is 0 Å². The van der Waals surface area contributed by atoms with Crippen molar-refractivity contribution in [2.75, 3.05) is 36.5 Å². The van der Waals surface area contributed by atoms with Gasteiger partial charge in [-0.05, 0) is 30.2 Å². The SMILES string of the molecule is Cc1c(-c2ccccc2)sc2ncnc(Nc3ccc(N4CCOCC4)nc3)c12. The number of anilines is 3. The van der Waals surface area contributed by atoms with E-state index >= 15 is 0 Å². The minimum absolute atomic E-state index is 0.752. The van der Waals surface area contributed by atoms with Crippen LogP contribution < -0.4 is 10.2 Å². The number of pyridine rings is 1. The molecule has 0 atom stereocenters. The van der Waals surface area contributed by atoms with Crippen molar-refractivity contribution >= 4 is 38.9 Å². The Bertz CT molecular complexity index is 1120. The quantitative estimate of drug-likeness (QED) is 0.535. The van der Waals surface area contributed by atoms with Crippen molar-refractivity contribution in [3.8, 4) is 10.4 Å². The summed E-state index contributed by atoms with van der Waals surface area (Å²) in [5, 5.41) is 4.50. The fourth-order valence-corrected chi connectivity index (χ4v) is 4.76. The molecule has 1 aliphatic rings. The summed E-state index contributed by atoms with van der Waals surface area (Å²) in [4.78, 5) is 18.1. The summed E-state index contributed by atoms with van der Waals surface area (Å²) in [6.45, 7) is 5.39. The third-order valence-corrected chi connectivity index (χ3v) is 6.36. The van der Waals surface area contributed by atoms with E-state index in [1.807, 2.05) is 24.4 Å². The third kappa shape index (κ3) is 3.54. The highest BCUT2D eigenvalue weighted by Gasteiger charge is 2.16. The van der Waals surface area contributed by atoms with Gasteiger partial charge in [-0.25, -0.2) is 15.0 Å². The van der Waals surface area contributed by atoms with Crippen molar-refractivity contribution in [2.24, 2.45) is 0 Å². The molecule has 7 heteroatoms. The molecule has 4 aromatic rings. The van der Waals surface area contributed by atoms with Crippen LogP contribution in [-0.2, 0) is 4.74 Å². The molecule has 4 heterocycles. The molecule has 1 N–H and O–H groups in total. The highest BCUT2D eigenvalue weighted by atomic mass is 32.1. The van der Waals surface area contributed by atoms with Crippen LogP contribution in [0, 0.1) is 6.92 Å². The second kappa shape index (κ2) is 7.77. The lowest BCUT2D eigenvalue weighted by Crippen LogP contribution is -2.36. The number of thiophene rings is 1. The minimum atomic E-state index is 0.752. The van der Waals surface area contributed by atoms with Crippen molar-refractivity contribution in [1.82, 2.24) is 15.0 Å². The lowest BCUT2D eigenvalue weighted by atomic mass is 10.1. The molecular formula is C22H21N5OS. The van der Waals surface area contributed by atoms with Gasteiger partial charge in [-0.3, -0.25) is 0 Å². The van der Waals surface area contributed by atoms with Gasteiger partial charge in [0.15, 0.2) is 0 Å². The zero-order valence-corrected chi connectivity index (χ0v) is 16.9. The number of nitrogens with zero attached hydrogens (tertiary/aromatic N) is 4. The first-order valence-electron chi connectivity index (χ1n) is 9.65. The second-order valence-electron chi connectivity index (χ2n) is 6.95. The number of benzene rings is 1. The molecule has 0 spiro atoms. The predicted molar refractivity (Wildman–Crippen MR) is 118 cm³/mol. The lowest BCUT2D eigenvalue weighted by molar-refractivity contribution is 0.122. The van der Waals surface area contributed by atoms with E-state index in [1.54, 1.807) is 17.7 Å². The molecule has 1 fully saturated rings. The first kappa shape index (κ1) is 18.0. The van der Waals surface area contributed by atoms with E-state index < -0.39 is 0 Å². The fourth-order valence-electron chi connectivity index (χ4n) is 3.61. The average molecular weight is 404 g/mol.